The first-order valence-corrected chi connectivity index (χ1v) is 10.8. The molecule has 5 heteroatoms. The SMILES string of the molecule is CCCCC[C@H](C)C(=O)NC(c1ccc(OCC)cc1)c1ccc(OC)cc1OC. The van der Waals surface area contributed by atoms with Gasteiger partial charge in [0.2, 0.25) is 5.91 Å². The van der Waals surface area contributed by atoms with Gasteiger partial charge in [0.1, 0.15) is 17.2 Å². The molecule has 1 unspecified atom stereocenters. The number of ether oxygens (including phenoxy) is 3. The molecule has 0 aliphatic rings. The molecule has 30 heavy (non-hydrogen) atoms. The summed E-state index contributed by atoms with van der Waals surface area (Å²) >= 11 is 0. The van der Waals surface area contributed by atoms with Crippen molar-refractivity contribution in [3.63, 3.8) is 0 Å². The average Bonchev–Trinajstić information content (AvgIpc) is 2.78. The number of methoxy groups -OCH3 is 2. The van der Waals surface area contributed by atoms with Gasteiger partial charge in [-0.2, -0.15) is 0 Å². The van der Waals surface area contributed by atoms with Crippen molar-refractivity contribution in [3.05, 3.63) is 53.6 Å². The smallest absolute Gasteiger partial charge is 0.223 e. The molecule has 1 amide bonds. The number of hydrogen-bond donors (Lipinski definition) is 1. The summed E-state index contributed by atoms with van der Waals surface area (Å²) in [6, 6.07) is 13.2. The molecule has 164 valence electrons. The Kier molecular flexibility index (Phi) is 9.52. The Morgan fingerprint density at radius 2 is 1.67 bits per heavy atom. The van der Waals surface area contributed by atoms with Gasteiger partial charge < -0.3 is 19.5 Å². The number of hydrogen-bond acceptors (Lipinski definition) is 4. The standard InChI is InChI=1S/C25H35NO4/c1-6-8-9-10-18(3)25(27)26-24(19-11-13-20(14-12-19)30-7-2)22-16-15-21(28-4)17-23(22)29-5/h11-18,24H,6-10H2,1-5H3,(H,26,27)/t18-,24?/m0/s1. The number of carbonyl (C=O) groups excluding carboxylic acids is 1. The van der Waals surface area contributed by atoms with Crippen molar-refractivity contribution >= 4 is 5.91 Å². The number of amides is 1. The van der Waals surface area contributed by atoms with Crippen molar-refractivity contribution in [2.24, 2.45) is 5.92 Å². The molecule has 0 aliphatic carbocycles. The summed E-state index contributed by atoms with van der Waals surface area (Å²) in [6.45, 7) is 6.73. The maximum Gasteiger partial charge on any atom is 0.223 e. The number of nitrogens with one attached hydrogen (secondary N) is 1. The fourth-order valence-corrected chi connectivity index (χ4v) is 3.44. The number of benzene rings is 2. The van der Waals surface area contributed by atoms with Gasteiger partial charge in [0, 0.05) is 17.5 Å². The van der Waals surface area contributed by atoms with E-state index >= 15 is 0 Å². The highest BCUT2D eigenvalue weighted by Gasteiger charge is 2.23. The van der Waals surface area contributed by atoms with Crippen LogP contribution in [0.5, 0.6) is 17.2 Å². The molecule has 0 spiro atoms. The Balaban J connectivity index is 2.34. The topological polar surface area (TPSA) is 56.8 Å². The van der Waals surface area contributed by atoms with Crippen molar-refractivity contribution in [3.8, 4) is 17.2 Å². The highest BCUT2D eigenvalue weighted by atomic mass is 16.5. The van der Waals surface area contributed by atoms with Crippen LogP contribution in [0.4, 0.5) is 0 Å². The second kappa shape index (κ2) is 12.1. The van der Waals surface area contributed by atoms with Gasteiger partial charge >= 0.3 is 0 Å². The van der Waals surface area contributed by atoms with Crippen LogP contribution in [0.15, 0.2) is 42.5 Å². The van der Waals surface area contributed by atoms with E-state index in [1.807, 2.05) is 56.3 Å². The van der Waals surface area contributed by atoms with Gasteiger partial charge in [-0.3, -0.25) is 4.79 Å². The zero-order chi connectivity index (χ0) is 21.9. The molecule has 0 heterocycles. The minimum atomic E-state index is -0.331. The van der Waals surface area contributed by atoms with E-state index in [4.69, 9.17) is 14.2 Å². The highest BCUT2D eigenvalue weighted by Crippen LogP contribution is 2.34. The van der Waals surface area contributed by atoms with E-state index in [0.717, 1.165) is 42.6 Å². The molecule has 2 aromatic carbocycles. The number of carbonyl (C=O) groups is 1. The number of unbranched alkanes of at least 4 members (excludes halogenated alkanes) is 2. The van der Waals surface area contributed by atoms with E-state index in [0.29, 0.717) is 18.1 Å². The van der Waals surface area contributed by atoms with Crippen LogP contribution >= 0.6 is 0 Å². The van der Waals surface area contributed by atoms with Crippen LogP contribution in [0.2, 0.25) is 0 Å². The Labute approximate surface area is 180 Å². The highest BCUT2D eigenvalue weighted by molar-refractivity contribution is 5.79. The van der Waals surface area contributed by atoms with Gasteiger partial charge in [0.05, 0.1) is 26.9 Å². The molecule has 0 radical (unpaired) electrons. The fraction of sp³-hybridized carbons (Fsp3) is 0.480. The van der Waals surface area contributed by atoms with E-state index in [-0.39, 0.29) is 17.9 Å². The van der Waals surface area contributed by atoms with E-state index in [1.165, 1.54) is 0 Å². The maximum atomic E-state index is 13.0. The molecular formula is C25H35NO4. The summed E-state index contributed by atoms with van der Waals surface area (Å²) in [5, 5.41) is 3.24. The molecule has 0 aliphatic heterocycles. The van der Waals surface area contributed by atoms with Gasteiger partial charge in [-0.05, 0) is 43.2 Å². The number of rotatable bonds is 12. The predicted molar refractivity (Wildman–Crippen MR) is 120 cm³/mol. The van der Waals surface area contributed by atoms with Crippen LogP contribution in [-0.4, -0.2) is 26.7 Å². The molecule has 2 aromatic rings. The van der Waals surface area contributed by atoms with Gasteiger partial charge in [-0.15, -0.1) is 0 Å². The Bertz CT molecular complexity index is 788. The summed E-state index contributed by atoms with van der Waals surface area (Å²) < 4.78 is 16.5. The second-order valence-corrected chi connectivity index (χ2v) is 7.45. The first-order valence-electron chi connectivity index (χ1n) is 10.8. The van der Waals surface area contributed by atoms with Crippen LogP contribution in [-0.2, 0) is 4.79 Å². The van der Waals surface area contributed by atoms with Crippen LogP contribution in [0, 0.1) is 5.92 Å². The van der Waals surface area contributed by atoms with Crippen LogP contribution in [0.25, 0.3) is 0 Å². The van der Waals surface area contributed by atoms with Crippen LogP contribution in [0.1, 0.15) is 63.6 Å². The van der Waals surface area contributed by atoms with E-state index in [9.17, 15) is 4.79 Å². The molecule has 2 rings (SSSR count). The van der Waals surface area contributed by atoms with Gasteiger partial charge in [0.25, 0.3) is 0 Å². The van der Waals surface area contributed by atoms with E-state index < -0.39 is 0 Å². The zero-order valence-electron chi connectivity index (χ0n) is 18.9. The van der Waals surface area contributed by atoms with Crippen molar-refractivity contribution < 1.29 is 19.0 Å². The lowest BCUT2D eigenvalue weighted by Crippen LogP contribution is -2.33. The molecule has 0 fully saturated rings. The van der Waals surface area contributed by atoms with Gasteiger partial charge in [0.15, 0.2) is 0 Å². The third-order valence-electron chi connectivity index (χ3n) is 5.25. The summed E-state index contributed by atoms with van der Waals surface area (Å²) in [7, 11) is 3.25. The van der Waals surface area contributed by atoms with Crippen LogP contribution < -0.4 is 19.5 Å². The molecular weight excluding hydrogens is 378 g/mol. The molecule has 0 saturated carbocycles. The monoisotopic (exact) mass is 413 g/mol. The Morgan fingerprint density at radius 3 is 2.27 bits per heavy atom. The van der Waals surface area contributed by atoms with E-state index in [2.05, 4.69) is 12.2 Å². The maximum absolute atomic E-state index is 13.0. The minimum Gasteiger partial charge on any atom is -0.497 e. The van der Waals surface area contributed by atoms with Gasteiger partial charge in [-0.25, -0.2) is 0 Å². The van der Waals surface area contributed by atoms with Crippen LogP contribution in [0.3, 0.4) is 0 Å². The molecule has 0 saturated heterocycles. The summed E-state index contributed by atoms with van der Waals surface area (Å²) in [5.41, 5.74) is 1.85. The third-order valence-corrected chi connectivity index (χ3v) is 5.25. The average molecular weight is 414 g/mol. The second-order valence-electron chi connectivity index (χ2n) is 7.45. The summed E-state index contributed by atoms with van der Waals surface area (Å²) in [5.74, 6) is 2.18. The molecule has 1 N–H and O–H groups in total. The quantitative estimate of drug-likeness (QED) is 0.465. The minimum absolute atomic E-state index is 0.0443. The lowest BCUT2D eigenvalue weighted by molar-refractivity contribution is -0.125. The van der Waals surface area contributed by atoms with Crippen molar-refractivity contribution in [1.29, 1.82) is 0 Å². The van der Waals surface area contributed by atoms with E-state index in [1.54, 1.807) is 14.2 Å². The van der Waals surface area contributed by atoms with Crippen molar-refractivity contribution in [1.82, 2.24) is 5.32 Å². The molecule has 5 nitrogen and oxygen atoms in total. The molecule has 2 atom stereocenters. The first-order chi connectivity index (χ1) is 14.5. The molecule has 0 bridgehead atoms. The fourth-order valence-electron chi connectivity index (χ4n) is 3.44. The summed E-state index contributed by atoms with van der Waals surface area (Å²) in [4.78, 5) is 13.0. The normalized spacial score (nSPS) is 12.7. The zero-order valence-corrected chi connectivity index (χ0v) is 18.9. The Morgan fingerprint density at radius 1 is 0.967 bits per heavy atom. The lowest BCUT2D eigenvalue weighted by atomic mass is 9.95. The van der Waals surface area contributed by atoms with Gasteiger partial charge in [-0.1, -0.05) is 45.2 Å². The van der Waals surface area contributed by atoms with Crippen molar-refractivity contribution in [2.45, 2.75) is 52.5 Å². The summed E-state index contributed by atoms with van der Waals surface area (Å²) in [6.07, 6.45) is 4.23. The third kappa shape index (κ3) is 6.41. The van der Waals surface area contributed by atoms with Crippen molar-refractivity contribution in [2.75, 3.05) is 20.8 Å². The lowest BCUT2D eigenvalue weighted by Gasteiger charge is -2.24. The molecule has 0 aromatic heterocycles. The first kappa shape index (κ1) is 23.6. The Hall–Kier alpha value is -2.69. The largest absolute Gasteiger partial charge is 0.497 e. The predicted octanol–water partition coefficient (Wildman–Crippen LogP) is 5.52.